The summed E-state index contributed by atoms with van der Waals surface area (Å²) in [5.74, 6) is 1.14. The summed E-state index contributed by atoms with van der Waals surface area (Å²) in [6.45, 7) is 1.88. The molecule has 122 valence electrons. The molecule has 0 aliphatic heterocycles. The Kier molecular flexibility index (Phi) is 3.70. The van der Waals surface area contributed by atoms with Crippen LogP contribution in [0.15, 0.2) is 67.0 Å². The van der Waals surface area contributed by atoms with Gasteiger partial charge in [-0.05, 0) is 30.5 Å². The third kappa shape index (κ3) is 2.85. The second-order valence-corrected chi connectivity index (χ2v) is 5.60. The number of amides is 1. The first-order chi connectivity index (χ1) is 12.2. The number of anilines is 1. The molecule has 6 nitrogen and oxygen atoms in total. The number of aromatic nitrogens is 4. The molecule has 4 rings (SSSR count). The Balaban J connectivity index is 1.60. The Morgan fingerprint density at radius 2 is 1.84 bits per heavy atom. The Morgan fingerprint density at radius 1 is 1.00 bits per heavy atom. The van der Waals surface area contributed by atoms with Crippen LogP contribution in [0.4, 0.5) is 5.69 Å². The first kappa shape index (κ1) is 15.0. The third-order valence-corrected chi connectivity index (χ3v) is 3.99. The summed E-state index contributed by atoms with van der Waals surface area (Å²) >= 11 is 0. The topological polar surface area (TPSA) is 72.7 Å². The van der Waals surface area contributed by atoms with Gasteiger partial charge in [0.2, 0.25) is 0 Å². The minimum Gasteiger partial charge on any atom is -0.320 e. The quantitative estimate of drug-likeness (QED) is 0.625. The molecule has 4 aromatic rings. The molecule has 0 fully saturated rings. The van der Waals surface area contributed by atoms with E-state index in [0.29, 0.717) is 5.82 Å². The highest BCUT2D eigenvalue weighted by Crippen LogP contribution is 2.23. The molecule has 0 radical (unpaired) electrons. The molecule has 0 aliphatic carbocycles. The van der Waals surface area contributed by atoms with E-state index in [9.17, 15) is 4.79 Å². The minimum absolute atomic E-state index is 0.259. The van der Waals surface area contributed by atoms with E-state index in [4.69, 9.17) is 0 Å². The molecule has 2 aromatic heterocycles. The molecule has 2 heterocycles. The van der Waals surface area contributed by atoms with E-state index < -0.39 is 0 Å². The number of rotatable bonds is 3. The Hall–Kier alpha value is -3.54. The average molecular weight is 329 g/mol. The first-order valence-electron chi connectivity index (χ1n) is 7.85. The van der Waals surface area contributed by atoms with Gasteiger partial charge in [-0.15, -0.1) is 10.2 Å². The number of hydrogen-bond acceptors (Lipinski definition) is 4. The highest BCUT2D eigenvalue weighted by atomic mass is 16.1. The number of benzene rings is 2. The zero-order chi connectivity index (χ0) is 17.2. The molecule has 1 N–H and O–H groups in total. The van der Waals surface area contributed by atoms with Crippen molar-refractivity contribution in [3.8, 4) is 5.82 Å². The summed E-state index contributed by atoms with van der Waals surface area (Å²) in [4.78, 5) is 16.6. The smallest absolute Gasteiger partial charge is 0.276 e. The summed E-state index contributed by atoms with van der Waals surface area (Å²) < 4.78 is 1.80. The molecule has 6 heteroatoms. The van der Waals surface area contributed by atoms with Crippen molar-refractivity contribution in [2.45, 2.75) is 6.92 Å². The van der Waals surface area contributed by atoms with E-state index >= 15 is 0 Å². The van der Waals surface area contributed by atoms with Crippen LogP contribution in [0.1, 0.15) is 16.3 Å². The van der Waals surface area contributed by atoms with Crippen LogP contribution >= 0.6 is 0 Å². The van der Waals surface area contributed by atoms with Crippen molar-refractivity contribution in [2.75, 3.05) is 5.32 Å². The van der Waals surface area contributed by atoms with E-state index in [1.807, 2.05) is 49.4 Å². The second-order valence-electron chi connectivity index (χ2n) is 5.60. The normalized spacial score (nSPS) is 10.8. The van der Waals surface area contributed by atoms with Gasteiger partial charge < -0.3 is 5.32 Å². The lowest BCUT2D eigenvalue weighted by Gasteiger charge is -2.08. The number of imidazole rings is 1. The Labute approximate surface area is 144 Å². The fourth-order valence-corrected chi connectivity index (χ4v) is 2.72. The maximum atomic E-state index is 12.5. The molecule has 0 saturated heterocycles. The van der Waals surface area contributed by atoms with Gasteiger partial charge in [0, 0.05) is 23.5 Å². The molecule has 0 bridgehead atoms. The number of hydrogen-bond donors (Lipinski definition) is 1. The number of nitrogens with zero attached hydrogens (tertiary/aromatic N) is 4. The SMILES string of the molecule is Cc1nccn1-c1ccc(C(=O)Nc2cccc3ccccc23)nn1. The fourth-order valence-electron chi connectivity index (χ4n) is 2.72. The first-order valence-corrected chi connectivity index (χ1v) is 7.85. The van der Waals surface area contributed by atoms with Crippen LogP contribution in [-0.2, 0) is 0 Å². The lowest BCUT2D eigenvalue weighted by Crippen LogP contribution is -2.15. The Morgan fingerprint density at radius 3 is 2.60 bits per heavy atom. The predicted molar refractivity (Wildman–Crippen MR) is 95.8 cm³/mol. The van der Waals surface area contributed by atoms with Gasteiger partial charge in [-0.1, -0.05) is 36.4 Å². The largest absolute Gasteiger partial charge is 0.320 e. The maximum absolute atomic E-state index is 12.5. The molecule has 2 aromatic carbocycles. The van der Waals surface area contributed by atoms with Crippen molar-refractivity contribution >= 4 is 22.4 Å². The summed E-state index contributed by atoms with van der Waals surface area (Å²) in [5.41, 5.74) is 1.01. The molecule has 0 atom stereocenters. The molecular weight excluding hydrogens is 314 g/mol. The number of carbonyl (C=O) groups is 1. The molecular formula is C19H15N5O. The molecule has 0 saturated carbocycles. The molecule has 1 amide bonds. The monoisotopic (exact) mass is 329 g/mol. The zero-order valence-electron chi connectivity index (χ0n) is 13.5. The van der Waals surface area contributed by atoms with E-state index in [0.717, 1.165) is 22.3 Å². The van der Waals surface area contributed by atoms with Gasteiger partial charge in [0.1, 0.15) is 5.82 Å². The average Bonchev–Trinajstić information content (AvgIpc) is 3.08. The molecule has 25 heavy (non-hydrogen) atoms. The summed E-state index contributed by atoms with van der Waals surface area (Å²) in [5, 5.41) is 13.1. The second kappa shape index (κ2) is 6.16. The molecule has 0 spiro atoms. The van der Waals surface area contributed by atoms with Crippen molar-refractivity contribution in [3.63, 3.8) is 0 Å². The zero-order valence-corrected chi connectivity index (χ0v) is 13.5. The van der Waals surface area contributed by atoms with Crippen LogP contribution in [0.3, 0.4) is 0 Å². The number of fused-ring (bicyclic) bond motifs is 1. The van der Waals surface area contributed by atoms with Crippen molar-refractivity contribution in [1.82, 2.24) is 19.7 Å². The van der Waals surface area contributed by atoms with Crippen LogP contribution < -0.4 is 5.32 Å². The van der Waals surface area contributed by atoms with Crippen LogP contribution in [0.2, 0.25) is 0 Å². The van der Waals surface area contributed by atoms with Crippen LogP contribution in [0, 0.1) is 6.92 Å². The lowest BCUT2D eigenvalue weighted by molar-refractivity contribution is 0.102. The predicted octanol–water partition coefficient (Wildman–Crippen LogP) is 3.38. The van der Waals surface area contributed by atoms with Crippen LogP contribution in [-0.4, -0.2) is 25.7 Å². The van der Waals surface area contributed by atoms with Crippen molar-refractivity contribution in [2.24, 2.45) is 0 Å². The van der Waals surface area contributed by atoms with Crippen LogP contribution in [0.25, 0.3) is 16.6 Å². The van der Waals surface area contributed by atoms with Crippen molar-refractivity contribution in [3.05, 3.63) is 78.5 Å². The summed E-state index contributed by atoms with van der Waals surface area (Å²) in [6, 6.07) is 17.1. The minimum atomic E-state index is -0.294. The summed E-state index contributed by atoms with van der Waals surface area (Å²) in [6.07, 6.45) is 3.49. The van der Waals surface area contributed by atoms with E-state index in [1.165, 1.54) is 0 Å². The van der Waals surface area contributed by atoms with Gasteiger partial charge >= 0.3 is 0 Å². The van der Waals surface area contributed by atoms with E-state index in [1.54, 1.807) is 29.1 Å². The van der Waals surface area contributed by atoms with Crippen LogP contribution in [0.5, 0.6) is 0 Å². The summed E-state index contributed by atoms with van der Waals surface area (Å²) in [7, 11) is 0. The highest BCUT2D eigenvalue weighted by molar-refractivity contribution is 6.08. The maximum Gasteiger partial charge on any atom is 0.276 e. The van der Waals surface area contributed by atoms with Crippen molar-refractivity contribution < 1.29 is 4.79 Å². The van der Waals surface area contributed by atoms with Gasteiger partial charge in [-0.2, -0.15) is 0 Å². The standard InChI is InChI=1S/C19H15N5O/c1-13-20-11-12-24(13)18-10-9-17(22-23-18)19(25)21-16-8-4-6-14-5-2-3-7-15(14)16/h2-12H,1H3,(H,21,25). The fraction of sp³-hybridized carbons (Fsp3) is 0.0526. The molecule has 0 unspecified atom stereocenters. The highest BCUT2D eigenvalue weighted by Gasteiger charge is 2.11. The number of nitrogens with one attached hydrogen (secondary N) is 1. The molecule has 0 aliphatic rings. The van der Waals surface area contributed by atoms with Gasteiger partial charge in [0.15, 0.2) is 11.5 Å². The van der Waals surface area contributed by atoms with Gasteiger partial charge in [0.05, 0.1) is 0 Å². The van der Waals surface area contributed by atoms with Gasteiger partial charge in [-0.25, -0.2) is 4.98 Å². The van der Waals surface area contributed by atoms with Crippen molar-refractivity contribution in [1.29, 1.82) is 0 Å². The van der Waals surface area contributed by atoms with E-state index in [-0.39, 0.29) is 11.6 Å². The Bertz CT molecular complexity index is 1050. The van der Waals surface area contributed by atoms with E-state index in [2.05, 4.69) is 20.5 Å². The number of aryl methyl sites for hydroxylation is 1. The van der Waals surface area contributed by atoms with Gasteiger partial charge in [-0.3, -0.25) is 9.36 Å². The number of carbonyl (C=O) groups excluding carboxylic acids is 1. The van der Waals surface area contributed by atoms with Gasteiger partial charge in [0.25, 0.3) is 5.91 Å². The lowest BCUT2D eigenvalue weighted by atomic mass is 10.1. The third-order valence-electron chi connectivity index (χ3n) is 3.99.